The van der Waals surface area contributed by atoms with Crippen LogP contribution >= 0.6 is 0 Å². The fraction of sp³-hybridized carbons (Fsp3) is 0.765. The highest BCUT2D eigenvalue weighted by Crippen LogP contribution is 2.21. The van der Waals surface area contributed by atoms with E-state index in [4.69, 9.17) is 4.74 Å². The van der Waals surface area contributed by atoms with E-state index in [1.165, 1.54) is 25.7 Å². The van der Waals surface area contributed by atoms with Crippen molar-refractivity contribution in [2.24, 2.45) is 0 Å². The molecule has 1 aromatic rings. The molecule has 4 heteroatoms. The highest BCUT2D eigenvalue weighted by Gasteiger charge is 2.13. The van der Waals surface area contributed by atoms with Crippen LogP contribution in [0, 0.1) is 0 Å². The second kappa shape index (κ2) is 9.72. The van der Waals surface area contributed by atoms with Crippen molar-refractivity contribution < 1.29 is 4.74 Å². The monoisotopic (exact) mass is 293 g/mol. The van der Waals surface area contributed by atoms with Gasteiger partial charge in [0.15, 0.2) is 5.75 Å². The first kappa shape index (κ1) is 17.9. The Morgan fingerprint density at radius 1 is 1.19 bits per heavy atom. The van der Waals surface area contributed by atoms with Crippen LogP contribution in [0.15, 0.2) is 6.20 Å². The number of nitrogens with one attached hydrogen (secondary N) is 1. The first-order valence-electron chi connectivity index (χ1n) is 8.25. The molecule has 1 aromatic heterocycles. The van der Waals surface area contributed by atoms with Crippen molar-refractivity contribution in [1.82, 2.24) is 15.3 Å². The molecular formula is C17H31N3O. The Labute approximate surface area is 129 Å². The minimum Gasteiger partial charge on any atom is -0.487 e. The minimum absolute atomic E-state index is 0.214. The summed E-state index contributed by atoms with van der Waals surface area (Å²) < 4.78 is 6.05. The van der Waals surface area contributed by atoms with Crippen LogP contribution in [-0.4, -0.2) is 23.1 Å². The van der Waals surface area contributed by atoms with E-state index in [1.807, 2.05) is 13.2 Å². The third-order valence-corrected chi connectivity index (χ3v) is 3.50. The average molecular weight is 293 g/mol. The summed E-state index contributed by atoms with van der Waals surface area (Å²) in [7, 11) is 1.93. The van der Waals surface area contributed by atoms with Crippen molar-refractivity contribution in [1.29, 1.82) is 0 Å². The van der Waals surface area contributed by atoms with E-state index in [2.05, 4.69) is 43.0 Å². The lowest BCUT2D eigenvalue weighted by Crippen LogP contribution is -2.17. The zero-order valence-electron chi connectivity index (χ0n) is 14.3. The molecule has 0 amide bonds. The fourth-order valence-corrected chi connectivity index (χ4v) is 2.23. The largest absolute Gasteiger partial charge is 0.487 e. The summed E-state index contributed by atoms with van der Waals surface area (Å²) in [4.78, 5) is 9.05. The normalized spacial score (nSPS) is 12.7. The van der Waals surface area contributed by atoms with Gasteiger partial charge in [-0.1, -0.05) is 40.0 Å². The molecule has 0 aliphatic carbocycles. The molecule has 21 heavy (non-hydrogen) atoms. The molecule has 0 aromatic carbocycles. The first-order chi connectivity index (χ1) is 10.1. The highest BCUT2D eigenvalue weighted by atomic mass is 16.5. The van der Waals surface area contributed by atoms with Gasteiger partial charge in [-0.3, -0.25) is 0 Å². The molecule has 0 aliphatic rings. The van der Waals surface area contributed by atoms with E-state index in [-0.39, 0.29) is 6.10 Å². The van der Waals surface area contributed by atoms with Crippen LogP contribution < -0.4 is 10.1 Å². The molecule has 1 heterocycles. The van der Waals surface area contributed by atoms with Crippen LogP contribution in [0.1, 0.15) is 77.2 Å². The van der Waals surface area contributed by atoms with Gasteiger partial charge in [-0.2, -0.15) is 0 Å². The van der Waals surface area contributed by atoms with E-state index < -0.39 is 0 Å². The Kier molecular flexibility index (Phi) is 8.28. The van der Waals surface area contributed by atoms with E-state index in [1.54, 1.807) is 0 Å². The lowest BCUT2D eigenvalue weighted by molar-refractivity contribution is 0.202. The highest BCUT2D eigenvalue weighted by molar-refractivity contribution is 5.25. The number of aromatic nitrogens is 2. The Balaban J connectivity index is 2.63. The smallest absolute Gasteiger partial charge is 0.160 e. The summed E-state index contributed by atoms with van der Waals surface area (Å²) in [5.74, 6) is 2.03. The lowest BCUT2D eigenvalue weighted by Gasteiger charge is -2.17. The van der Waals surface area contributed by atoms with Crippen LogP contribution in [0.2, 0.25) is 0 Å². The summed E-state index contributed by atoms with van der Waals surface area (Å²) in [5.41, 5.74) is 0.955. The number of hydrogen-bond donors (Lipinski definition) is 1. The predicted molar refractivity (Wildman–Crippen MR) is 87.7 cm³/mol. The molecule has 0 aliphatic heterocycles. The number of ether oxygens (including phenoxy) is 1. The van der Waals surface area contributed by atoms with Crippen molar-refractivity contribution >= 4 is 0 Å². The third kappa shape index (κ3) is 6.42. The fourth-order valence-electron chi connectivity index (χ4n) is 2.23. The standard InChI is InChI=1S/C17H31N3O/c1-6-7-8-9-10-14(4)21-16-12-19-17(13(2)3)20-15(16)11-18-5/h12-14,18H,6-11H2,1-5H3. The van der Waals surface area contributed by atoms with Gasteiger partial charge in [0.2, 0.25) is 0 Å². The van der Waals surface area contributed by atoms with Crippen molar-refractivity contribution in [2.45, 2.75) is 78.4 Å². The Morgan fingerprint density at radius 2 is 1.95 bits per heavy atom. The summed E-state index contributed by atoms with van der Waals surface area (Å²) in [5, 5.41) is 3.15. The molecule has 0 fully saturated rings. The minimum atomic E-state index is 0.214. The molecule has 0 saturated heterocycles. The molecular weight excluding hydrogens is 262 g/mol. The predicted octanol–water partition coefficient (Wildman–Crippen LogP) is 4.06. The van der Waals surface area contributed by atoms with Gasteiger partial charge in [0.05, 0.1) is 18.0 Å². The topological polar surface area (TPSA) is 47.0 Å². The van der Waals surface area contributed by atoms with Crippen molar-refractivity contribution in [2.75, 3.05) is 7.05 Å². The molecule has 0 saturated carbocycles. The van der Waals surface area contributed by atoms with Crippen molar-refractivity contribution in [3.63, 3.8) is 0 Å². The summed E-state index contributed by atoms with van der Waals surface area (Å²) in [6.45, 7) is 9.29. The number of unbranched alkanes of at least 4 members (excludes halogenated alkanes) is 3. The van der Waals surface area contributed by atoms with Crippen LogP contribution in [-0.2, 0) is 6.54 Å². The third-order valence-electron chi connectivity index (χ3n) is 3.50. The Hall–Kier alpha value is -1.16. The van der Waals surface area contributed by atoms with Crippen LogP contribution in [0.5, 0.6) is 5.75 Å². The van der Waals surface area contributed by atoms with Gasteiger partial charge in [-0.25, -0.2) is 9.97 Å². The van der Waals surface area contributed by atoms with Crippen LogP contribution in [0.4, 0.5) is 0 Å². The number of hydrogen-bond acceptors (Lipinski definition) is 4. The maximum absolute atomic E-state index is 6.05. The Morgan fingerprint density at radius 3 is 2.57 bits per heavy atom. The molecule has 1 N–H and O–H groups in total. The zero-order chi connectivity index (χ0) is 15.7. The molecule has 0 bridgehead atoms. The second-order valence-corrected chi connectivity index (χ2v) is 6.00. The van der Waals surface area contributed by atoms with E-state index >= 15 is 0 Å². The Bertz CT molecular complexity index is 407. The van der Waals surface area contributed by atoms with Gasteiger partial charge in [0.25, 0.3) is 0 Å². The van der Waals surface area contributed by atoms with Crippen molar-refractivity contribution in [3.05, 3.63) is 17.7 Å². The quantitative estimate of drug-likeness (QED) is 0.661. The number of rotatable bonds is 10. The lowest BCUT2D eigenvalue weighted by atomic mass is 10.1. The maximum atomic E-state index is 6.05. The second-order valence-electron chi connectivity index (χ2n) is 6.00. The van der Waals surface area contributed by atoms with Crippen LogP contribution in [0.3, 0.4) is 0 Å². The molecule has 0 radical (unpaired) electrons. The van der Waals surface area contributed by atoms with Crippen LogP contribution in [0.25, 0.3) is 0 Å². The molecule has 120 valence electrons. The summed E-state index contributed by atoms with van der Waals surface area (Å²) in [6.07, 6.45) is 8.22. The van der Waals surface area contributed by atoms with Gasteiger partial charge in [0, 0.05) is 12.5 Å². The van der Waals surface area contributed by atoms with E-state index in [9.17, 15) is 0 Å². The molecule has 1 rings (SSSR count). The summed E-state index contributed by atoms with van der Waals surface area (Å²) >= 11 is 0. The van der Waals surface area contributed by atoms with Gasteiger partial charge in [-0.05, 0) is 26.8 Å². The SMILES string of the molecule is CCCCCCC(C)Oc1cnc(C(C)C)nc1CNC. The molecule has 1 atom stereocenters. The number of nitrogens with zero attached hydrogens (tertiary/aromatic N) is 2. The van der Waals surface area contributed by atoms with Crippen molar-refractivity contribution in [3.8, 4) is 5.75 Å². The molecule has 0 spiro atoms. The first-order valence-corrected chi connectivity index (χ1v) is 8.25. The maximum Gasteiger partial charge on any atom is 0.160 e. The van der Waals surface area contributed by atoms with Gasteiger partial charge in [-0.15, -0.1) is 0 Å². The molecule has 1 unspecified atom stereocenters. The van der Waals surface area contributed by atoms with E-state index in [0.29, 0.717) is 12.5 Å². The zero-order valence-corrected chi connectivity index (χ0v) is 14.3. The summed E-state index contributed by atoms with van der Waals surface area (Å²) in [6, 6.07) is 0. The van der Waals surface area contributed by atoms with E-state index in [0.717, 1.165) is 23.7 Å². The van der Waals surface area contributed by atoms with Gasteiger partial charge >= 0.3 is 0 Å². The average Bonchev–Trinajstić information content (AvgIpc) is 2.45. The molecule has 4 nitrogen and oxygen atoms in total. The van der Waals surface area contributed by atoms with Gasteiger partial charge in [0.1, 0.15) is 5.82 Å². The van der Waals surface area contributed by atoms with Gasteiger partial charge < -0.3 is 10.1 Å².